The number of carbonyl (C=O) groups excluding carboxylic acids is 1. The SMILES string of the molecule is O=C(c1cccc(COn2ncc3ccccc3c2=O)c1)N1CC=C(c2ccc(F)cc2)CC1. The Labute approximate surface area is 195 Å². The Kier molecular flexibility index (Phi) is 5.91. The van der Waals surface area contributed by atoms with Crippen LogP contribution in [0.2, 0.25) is 0 Å². The van der Waals surface area contributed by atoms with Gasteiger partial charge in [-0.15, -0.1) is 5.10 Å². The first-order valence-corrected chi connectivity index (χ1v) is 11.0. The predicted molar refractivity (Wildman–Crippen MR) is 128 cm³/mol. The lowest BCUT2D eigenvalue weighted by atomic mass is 9.99. The van der Waals surface area contributed by atoms with Gasteiger partial charge < -0.3 is 9.74 Å². The number of carbonyl (C=O) groups is 1. The zero-order valence-corrected chi connectivity index (χ0v) is 18.4. The molecule has 34 heavy (non-hydrogen) atoms. The normalized spacial score (nSPS) is 13.6. The summed E-state index contributed by atoms with van der Waals surface area (Å²) < 4.78 is 13.2. The molecule has 0 atom stereocenters. The molecule has 1 amide bonds. The maximum Gasteiger partial charge on any atom is 0.310 e. The van der Waals surface area contributed by atoms with Crippen molar-refractivity contribution in [2.75, 3.05) is 13.1 Å². The number of fused-ring (bicyclic) bond motifs is 1. The molecule has 1 aliphatic rings. The third-order valence-electron chi connectivity index (χ3n) is 5.91. The van der Waals surface area contributed by atoms with Crippen LogP contribution < -0.4 is 10.4 Å². The molecule has 7 heteroatoms. The fraction of sp³-hybridized carbons (Fsp3) is 0.148. The maximum absolute atomic E-state index is 13.2. The molecule has 2 heterocycles. The van der Waals surface area contributed by atoms with Crippen molar-refractivity contribution in [1.82, 2.24) is 14.8 Å². The largest absolute Gasteiger partial charge is 0.389 e. The molecule has 1 aromatic heterocycles. The van der Waals surface area contributed by atoms with E-state index in [0.717, 1.165) is 26.9 Å². The molecular formula is C27H22FN3O3. The summed E-state index contributed by atoms with van der Waals surface area (Å²) in [5, 5.41) is 5.34. The van der Waals surface area contributed by atoms with Gasteiger partial charge in [-0.05, 0) is 53.5 Å². The van der Waals surface area contributed by atoms with Crippen LogP contribution in [0.15, 0.2) is 89.9 Å². The quantitative estimate of drug-likeness (QED) is 0.455. The molecule has 6 nitrogen and oxygen atoms in total. The van der Waals surface area contributed by atoms with E-state index in [2.05, 4.69) is 5.10 Å². The van der Waals surface area contributed by atoms with E-state index in [1.54, 1.807) is 53.6 Å². The van der Waals surface area contributed by atoms with Gasteiger partial charge in [-0.25, -0.2) is 4.39 Å². The zero-order chi connectivity index (χ0) is 23.5. The highest BCUT2D eigenvalue weighted by Crippen LogP contribution is 2.23. The van der Waals surface area contributed by atoms with Crippen LogP contribution in [0.25, 0.3) is 16.3 Å². The van der Waals surface area contributed by atoms with Crippen molar-refractivity contribution in [3.8, 4) is 0 Å². The van der Waals surface area contributed by atoms with Gasteiger partial charge in [0.15, 0.2) is 0 Å². The van der Waals surface area contributed by atoms with E-state index in [1.165, 1.54) is 12.1 Å². The first kappa shape index (κ1) is 21.6. The Morgan fingerprint density at radius 1 is 1.03 bits per heavy atom. The second-order valence-corrected chi connectivity index (χ2v) is 8.12. The van der Waals surface area contributed by atoms with E-state index in [1.807, 2.05) is 24.3 Å². The maximum atomic E-state index is 13.2. The summed E-state index contributed by atoms with van der Waals surface area (Å²) in [5.74, 6) is -0.334. The molecule has 0 N–H and O–H groups in total. The van der Waals surface area contributed by atoms with Crippen molar-refractivity contribution in [2.45, 2.75) is 13.0 Å². The van der Waals surface area contributed by atoms with E-state index in [4.69, 9.17) is 4.84 Å². The number of halogens is 1. The number of rotatable bonds is 5. The topological polar surface area (TPSA) is 64.4 Å². The molecule has 3 aromatic carbocycles. The monoisotopic (exact) mass is 455 g/mol. The van der Waals surface area contributed by atoms with Crippen LogP contribution in [0, 0.1) is 5.82 Å². The smallest absolute Gasteiger partial charge is 0.310 e. The van der Waals surface area contributed by atoms with Gasteiger partial charge in [0.2, 0.25) is 0 Å². The van der Waals surface area contributed by atoms with E-state index >= 15 is 0 Å². The first-order chi connectivity index (χ1) is 16.6. The third-order valence-corrected chi connectivity index (χ3v) is 5.91. The average Bonchev–Trinajstić information content (AvgIpc) is 2.89. The number of nitrogens with zero attached hydrogens (tertiary/aromatic N) is 3. The molecule has 5 rings (SSSR count). The molecule has 170 valence electrons. The van der Waals surface area contributed by atoms with Crippen molar-refractivity contribution in [2.24, 2.45) is 0 Å². The van der Waals surface area contributed by atoms with E-state index in [9.17, 15) is 14.0 Å². The number of hydrogen-bond acceptors (Lipinski definition) is 4. The van der Waals surface area contributed by atoms with Crippen molar-refractivity contribution < 1.29 is 14.0 Å². The molecule has 1 aliphatic heterocycles. The van der Waals surface area contributed by atoms with Crippen LogP contribution >= 0.6 is 0 Å². The second kappa shape index (κ2) is 9.31. The van der Waals surface area contributed by atoms with E-state index in [-0.39, 0.29) is 23.9 Å². The van der Waals surface area contributed by atoms with E-state index < -0.39 is 0 Å². The number of hydrogen-bond donors (Lipinski definition) is 0. The summed E-state index contributed by atoms with van der Waals surface area (Å²) in [6, 6.07) is 20.8. The van der Waals surface area contributed by atoms with Crippen LogP contribution in [0.4, 0.5) is 4.39 Å². The van der Waals surface area contributed by atoms with Crippen molar-refractivity contribution in [3.63, 3.8) is 0 Å². The van der Waals surface area contributed by atoms with Crippen molar-refractivity contribution >= 4 is 22.3 Å². The van der Waals surface area contributed by atoms with Crippen LogP contribution in [0.5, 0.6) is 0 Å². The second-order valence-electron chi connectivity index (χ2n) is 8.12. The summed E-state index contributed by atoms with van der Waals surface area (Å²) in [4.78, 5) is 34.0. The summed E-state index contributed by atoms with van der Waals surface area (Å²) in [5.41, 5.74) is 3.07. The predicted octanol–water partition coefficient (Wildman–Crippen LogP) is 4.09. The minimum atomic E-state index is -0.331. The van der Waals surface area contributed by atoms with Crippen molar-refractivity contribution in [1.29, 1.82) is 0 Å². The van der Waals surface area contributed by atoms with Crippen LogP contribution in [0.1, 0.15) is 27.9 Å². The minimum Gasteiger partial charge on any atom is -0.389 e. The Hall–Kier alpha value is -4.26. The van der Waals surface area contributed by atoms with Gasteiger partial charge in [0, 0.05) is 24.0 Å². The van der Waals surface area contributed by atoms with E-state index in [0.29, 0.717) is 30.5 Å². The lowest BCUT2D eigenvalue weighted by Crippen LogP contribution is -2.34. The Bertz CT molecular complexity index is 1440. The van der Waals surface area contributed by atoms with Gasteiger partial charge in [0.1, 0.15) is 12.4 Å². The number of benzene rings is 3. The highest BCUT2D eigenvalue weighted by molar-refractivity contribution is 5.95. The molecule has 0 saturated heterocycles. The molecular weight excluding hydrogens is 433 g/mol. The Morgan fingerprint density at radius 2 is 1.85 bits per heavy atom. The zero-order valence-electron chi connectivity index (χ0n) is 18.4. The van der Waals surface area contributed by atoms with Gasteiger partial charge >= 0.3 is 5.56 Å². The van der Waals surface area contributed by atoms with Crippen LogP contribution in [0.3, 0.4) is 0 Å². The lowest BCUT2D eigenvalue weighted by Gasteiger charge is -2.27. The summed E-state index contributed by atoms with van der Waals surface area (Å²) in [6.07, 6.45) is 4.30. The molecule has 0 radical (unpaired) electrons. The molecule has 0 unspecified atom stereocenters. The molecule has 0 aliphatic carbocycles. The van der Waals surface area contributed by atoms with Gasteiger partial charge in [0.05, 0.1) is 11.6 Å². The molecule has 4 aromatic rings. The highest BCUT2D eigenvalue weighted by Gasteiger charge is 2.19. The summed E-state index contributed by atoms with van der Waals surface area (Å²) >= 11 is 0. The minimum absolute atomic E-state index is 0.0720. The molecule has 0 fully saturated rings. The lowest BCUT2D eigenvalue weighted by molar-refractivity contribution is 0.0607. The first-order valence-electron chi connectivity index (χ1n) is 11.0. The summed E-state index contributed by atoms with van der Waals surface area (Å²) in [6.45, 7) is 1.17. The van der Waals surface area contributed by atoms with Gasteiger partial charge in [-0.2, -0.15) is 0 Å². The van der Waals surface area contributed by atoms with Gasteiger partial charge in [-0.3, -0.25) is 9.59 Å². The Morgan fingerprint density at radius 3 is 2.65 bits per heavy atom. The fourth-order valence-electron chi connectivity index (χ4n) is 4.06. The third kappa shape index (κ3) is 4.45. The van der Waals surface area contributed by atoms with Crippen LogP contribution in [-0.2, 0) is 6.61 Å². The van der Waals surface area contributed by atoms with Crippen LogP contribution in [-0.4, -0.2) is 33.8 Å². The number of amides is 1. The van der Waals surface area contributed by atoms with Gasteiger partial charge in [-0.1, -0.05) is 53.4 Å². The highest BCUT2D eigenvalue weighted by atomic mass is 19.1. The molecule has 0 bridgehead atoms. The summed E-state index contributed by atoms with van der Waals surface area (Å²) in [7, 11) is 0. The van der Waals surface area contributed by atoms with Crippen molar-refractivity contribution in [3.05, 3.63) is 118 Å². The fourth-order valence-corrected chi connectivity index (χ4v) is 4.06. The Balaban J connectivity index is 1.26. The van der Waals surface area contributed by atoms with Gasteiger partial charge in [0.25, 0.3) is 5.91 Å². The molecule has 0 spiro atoms. The molecule has 0 saturated carbocycles. The number of aromatic nitrogens is 2. The standard InChI is InChI=1S/C27H22FN3O3/c28-24-10-8-20(9-11-24)21-12-14-30(15-13-21)26(32)22-6-3-4-19(16-22)18-34-31-27(33)25-7-2-1-5-23(25)17-29-31/h1-12,16-17H,13-15,18H2. The average molecular weight is 455 g/mol.